The Morgan fingerprint density at radius 2 is 1.49 bits per heavy atom. The first-order valence-corrected chi connectivity index (χ1v) is 15.4. The minimum atomic E-state index is -0.565. The summed E-state index contributed by atoms with van der Waals surface area (Å²) in [6.45, 7) is 6.69. The molecule has 3 aromatic carbocycles. The van der Waals surface area contributed by atoms with Gasteiger partial charge in [-0.05, 0) is 50.3 Å². The largest absolute Gasteiger partial charge is 0.352 e. The van der Waals surface area contributed by atoms with Crippen LogP contribution in [0.4, 0.5) is 0 Å². The van der Waals surface area contributed by atoms with Crippen LogP contribution in [0.15, 0.2) is 72.8 Å². The van der Waals surface area contributed by atoms with Gasteiger partial charge in [0.2, 0.25) is 11.8 Å². The first-order valence-electron chi connectivity index (χ1n) is 14.2. The molecule has 1 fully saturated rings. The van der Waals surface area contributed by atoms with Crippen molar-refractivity contribution in [1.29, 1.82) is 0 Å². The van der Waals surface area contributed by atoms with Gasteiger partial charge in [0, 0.05) is 24.8 Å². The van der Waals surface area contributed by atoms with Crippen LogP contribution in [0.5, 0.6) is 0 Å². The molecule has 206 valence electrons. The standard InChI is InChI=1S/C34H42N2O2S/c1-25-14-16-29(17-15-25)22-36(33(37)24-39-23-30-19-26(2)18-27(3)20-30)32(21-28-10-6-4-7-11-28)34(38)35-31-12-8-5-9-13-31/h4,6-7,10-11,14-20,31-32H,5,8-9,12-13,21-24H2,1-3H3,(H,35,38)/t32-/m0/s1. The summed E-state index contributed by atoms with van der Waals surface area (Å²) in [5, 5.41) is 3.32. The molecule has 5 heteroatoms. The fourth-order valence-electron chi connectivity index (χ4n) is 5.48. The summed E-state index contributed by atoms with van der Waals surface area (Å²) >= 11 is 1.62. The molecule has 0 radical (unpaired) electrons. The number of nitrogens with one attached hydrogen (secondary N) is 1. The van der Waals surface area contributed by atoms with Gasteiger partial charge in [0.25, 0.3) is 0 Å². The van der Waals surface area contributed by atoms with Crippen molar-refractivity contribution >= 4 is 23.6 Å². The molecule has 1 aliphatic rings. The number of thioether (sulfide) groups is 1. The predicted octanol–water partition coefficient (Wildman–Crippen LogP) is 6.93. The van der Waals surface area contributed by atoms with Crippen LogP contribution >= 0.6 is 11.8 Å². The number of benzene rings is 3. The molecule has 0 bridgehead atoms. The zero-order chi connectivity index (χ0) is 27.6. The zero-order valence-electron chi connectivity index (χ0n) is 23.6. The molecule has 1 saturated carbocycles. The number of nitrogens with zero attached hydrogens (tertiary/aromatic N) is 1. The lowest BCUT2D eigenvalue weighted by molar-refractivity contribution is -0.139. The van der Waals surface area contributed by atoms with Gasteiger partial charge in [-0.3, -0.25) is 9.59 Å². The molecule has 4 rings (SSSR count). The second-order valence-electron chi connectivity index (χ2n) is 11.0. The Bertz CT molecular complexity index is 1200. The van der Waals surface area contributed by atoms with Crippen molar-refractivity contribution < 1.29 is 9.59 Å². The molecule has 0 saturated heterocycles. The maximum absolute atomic E-state index is 13.9. The summed E-state index contributed by atoms with van der Waals surface area (Å²) in [6.07, 6.45) is 6.06. The summed E-state index contributed by atoms with van der Waals surface area (Å²) < 4.78 is 0. The Hall–Kier alpha value is -3.05. The topological polar surface area (TPSA) is 49.4 Å². The minimum absolute atomic E-state index is 0.00433. The maximum Gasteiger partial charge on any atom is 0.243 e. The second-order valence-corrected chi connectivity index (χ2v) is 12.0. The third-order valence-corrected chi connectivity index (χ3v) is 8.46. The van der Waals surface area contributed by atoms with Crippen LogP contribution in [0.2, 0.25) is 0 Å². The molecule has 1 N–H and O–H groups in total. The van der Waals surface area contributed by atoms with Gasteiger partial charge in [-0.2, -0.15) is 0 Å². The van der Waals surface area contributed by atoms with Crippen molar-refractivity contribution in [3.05, 3.63) is 106 Å². The smallest absolute Gasteiger partial charge is 0.243 e. The molecule has 0 heterocycles. The van der Waals surface area contributed by atoms with Crippen LogP contribution < -0.4 is 5.32 Å². The third-order valence-electron chi connectivity index (χ3n) is 7.47. The average Bonchev–Trinajstić information content (AvgIpc) is 2.92. The van der Waals surface area contributed by atoms with E-state index >= 15 is 0 Å². The molecule has 0 spiro atoms. The molecular weight excluding hydrogens is 500 g/mol. The summed E-state index contributed by atoms with van der Waals surface area (Å²) in [6, 6.07) is 24.5. The second kappa shape index (κ2) is 14.4. The van der Waals surface area contributed by atoms with E-state index in [0.717, 1.165) is 42.6 Å². The SMILES string of the molecule is Cc1ccc(CN(C(=O)CSCc2cc(C)cc(C)c2)[C@@H](Cc2ccccc2)C(=O)NC2CCCCC2)cc1. The van der Waals surface area contributed by atoms with Gasteiger partial charge in [-0.1, -0.05) is 109 Å². The monoisotopic (exact) mass is 542 g/mol. The summed E-state index contributed by atoms with van der Waals surface area (Å²) in [4.78, 5) is 29.6. The van der Waals surface area contributed by atoms with E-state index < -0.39 is 6.04 Å². The number of hydrogen-bond donors (Lipinski definition) is 1. The quantitative estimate of drug-likeness (QED) is 0.286. The van der Waals surface area contributed by atoms with E-state index in [1.807, 2.05) is 35.2 Å². The fraction of sp³-hybridized carbons (Fsp3) is 0.412. The summed E-state index contributed by atoms with van der Waals surface area (Å²) in [5.74, 6) is 1.07. The van der Waals surface area contributed by atoms with Gasteiger partial charge in [-0.15, -0.1) is 11.8 Å². The Morgan fingerprint density at radius 3 is 2.15 bits per heavy atom. The molecule has 2 amide bonds. The van der Waals surface area contributed by atoms with Gasteiger partial charge >= 0.3 is 0 Å². The molecule has 1 atom stereocenters. The lowest BCUT2D eigenvalue weighted by atomic mass is 9.94. The molecule has 0 aromatic heterocycles. The maximum atomic E-state index is 13.9. The highest BCUT2D eigenvalue weighted by Crippen LogP contribution is 2.22. The lowest BCUT2D eigenvalue weighted by Crippen LogP contribution is -2.53. The van der Waals surface area contributed by atoms with Crippen molar-refractivity contribution in [2.24, 2.45) is 0 Å². The van der Waals surface area contributed by atoms with Gasteiger partial charge in [0.15, 0.2) is 0 Å². The van der Waals surface area contributed by atoms with Crippen molar-refractivity contribution in [2.45, 2.75) is 83.7 Å². The van der Waals surface area contributed by atoms with Crippen LogP contribution in [0, 0.1) is 20.8 Å². The highest BCUT2D eigenvalue weighted by molar-refractivity contribution is 7.99. The van der Waals surface area contributed by atoms with E-state index in [9.17, 15) is 9.59 Å². The van der Waals surface area contributed by atoms with E-state index in [1.54, 1.807) is 11.8 Å². The lowest BCUT2D eigenvalue weighted by Gasteiger charge is -2.33. The minimum Gasteiger partial charge on any atom is -0.352 e. The van der Waals surface area contributed by atoms with Crippen LogP contribution in [-0.4, -0.2) is 34.6 Å². The molecule has 4 nitrogen and oxygen atoms in total. The summed E-state index contributed by atoms with van der Waals surface area (Å²) in [7, 11) is 0. The number of hydrogen-bond acceptors (Lipinski definition) is 3. The number of carbonyl (C=O) groups excluding carboxylic acids is 2. The van der Waals surface area contributed by atoms with Gasteiger partial charge < -0.3 is 10.2 Å². The summed E-state index contributed by atoms with van der Waals surface area (Å²) in [5.41, 5.74) is 6.98. The first-order chi connectivity index (χ1) is 18.9. The molecule has 3 aromatic rings. The van der Waals surface area contributed by atoms with E-state index in [4.69, 9.17) is 0 Å². The molecule has 1 aliphatic carbocycles. The van der Waals surface area contributed by atoms with Crippen molar-refractivity contribution in [1.82, 2.24) is 10.2 Å². The average molecular weight is 543 g/mol. The van der Waals surface area contributed by atoms with Crippen LogP contribution in [0.3, 0.4) is 0 Å². The Morgan fingerprint density at radius 1 is 0.821 bits per heavy atom. The molecule has 0 aliphatic heterocycles. The zero-order valence-corrected chi connectivity index (χ0v) is 24.4. The van der Waals surface area contributed by atoms with Crippen LogP contribution in [0.25, 0.3) is 0 Å². The van der Waals surface area contributed by atoms with Crippen molar-refractivity contribution in [3.8, 4) is 0 Å². The van der Waals surface area contributed by atoms with Crippen LogP contribution in [0.1, 0.15) is 65.5 Å². The van der Waals surface area contributed by atoms with Gasteiger partial charge in [-0.25, -0.2) is 0 Å². The normalized spacial score (nSPS) is 14.5. The fourth-order valence-corrected chi connectivity index (χ4v) is 6.32. The molecule has 0 unspecified atom stereocenters. The van der Waals surface area contributed by atoms with E-state index in [0.29, 0.717) is 18.7 Å². The van der Waals surface area contributed by atoms with Gasteiger partial charge in [0.1, 0.15) is 6.04 Å². The third kappa shape index (κ3) is 8.99. The first kappa shape index (κ1) is 28.9. The van der Waals surface area contributed by atoms with E-state index in [1.165, 1.54) is 28.7 Å². The Labute approximate surface area is 238 Å². The van der Waals surface area contributed by atoms with E-state index in [-0.39, 0.29) is 17.9 Å². The van der Waals surface area contributed by atoms with Gasteiger partial charge in [0.05, 0.1) is 5.75 Å². The van der Waals surface area contributed by atoms with E-state index in [2.05, 4.69) is 68.6 Å². The number of aryl methyl sites for hydroxylation is 3. The van der Waals surface area contributed by atoms with Crippen LogP contribution in [-0.2, 0) is 28.3 Å². The van der Waals surface area contributed by atoms with Crippen molar-refractivity contribution in [3.63, 3.8) is 0 Å². The van der Waals surface area contributed by atoms with Crippen molar-refractivity contribution in [2.75, 3.05) is 5.75 Å². The highest BCUT2D eigenvalue weighted by Gasteiger charge is 2.31. The number of amides is 2. The number of rotatable bonds is 11. The Balaban J connectivity index is 1.56. The Kier molecular flexibility index (Phi) is 10.7. The molecule has 39 heavy (non-hydrogen) atoms. The number of carbonyl (C=O) groups is 2. The predicted molar refractivity (Wildman–Crippen MR) is 163 cm³/mol. The highest BCUT2D eigenvalue weighted by atomic mass is 32.2. The molecular formula is C34H42N2O2S.